The summed E-state index contributed by atoms with van der Waals surface area (Å²) < 4.78 is 0. The van der Waals surface area contributed by atoms with Crippen LogP contribution in [-0.2, 0) is 4.79 Å². The van der Waals surface area contributed by atoms with E-state index in [0.717, 1.165) is 91.4 Å². The van der Waals surface area contributed by atoms with Crippen LogP contribution in [0.5, 0.6) is 0 Å². The number of likely N-dealkylation sites (N-methyl/N-ethyl adjacent to an activating group) is 4. The molecule has 1 aliphatic rings. The largest absolute Gasteiger partial charge is 1.00 e. The van der Waals surface area contributed by atoms with Crippen molar-refractivity contribution in [2.24, 2.45) is 0 Å². The quantitative estimate of drug-likeness (QED) is 0.414. The molecule has 0 N–H and O–H groups in total. The zero-order valence-electron chi connectivity index (χ0n) is 19.6. The van der Waals surface area contributed by atoms with Gasteiger partial charge in [0, 0.05) is 52.9 Å². The third-order valence-corrected chi connectivity index (χ3v) is 5.73. The van der Waals surface area contributed by atoms with Gasteiger partial charge < -0.3 is 29.3 Å². The summed E-state index contributed by atoms with van der Waals surface area (Å²) in [5, 5.41) is 0. The first-order valence-corrected chi connectivity index (χ1v) is 11.0. The summed E-state index contributed by atoms with van der Waals surface area (Å²) >= 11 is 0. The van der Waals surface area contributed by atoms with E-state index in [1.807, 2.05) is 18.5 Å². The van der Waals surface area contributed by atoms with E-state index in [2.05, 4.69) is 47.3 Å². The minimum absolute atomic E-state index is 0. The molecule has 0 saturated carbocycles. The van der Waals surface area contributed by atoms with Gasteiger partial charge in [0.05, 0.1) is 5.91 Å². The predicted octanol–water partition coefficient (Wildman–Crippen LogP) is -1.31. The fourth-order valence-electron chi connectivity index (χ4n) is 3.39. The summed E-state index contributed by atoms with van der Waals surface area (Å²) in [6.07, 6.45) is 2.18. The molecule has 0 spiro atoms. The molecule has 1 heterocycles. The fraction of sp³-hybridized carbons (Fsp3) is 0.905. The first-order chi connectivity index (χ1) is 13.0. The van der Waals surface area contributed by atoms with Crippen LogP contribution in [0.15, 0.2) is 0 Å². The van der Waals surface area contributed by atoms with Gasteiger partial charge in [-0.1, -0.05) is 34.1 Å². The summed E-state index contributed by atoms with van der Waals surface area (Å²) in [4.78, 5) is 24.2. The van der Waals surface area contributed by atoms with E-state index < -0.39 is 0 Å². The van der Waals surface area contributed by atoms with Gasteiger partial charge in [-0.2, -0.15) is 0 Å². The summed E-state index contributed by atoms with van der Waals surface area (Å²) in [6.45, 7) is 23.2. The second kappa shape index (κ2) is 17.6. The van der Waals surface area contributed by atoms with Crippen molar-refractivity contribution in [3.63, 3.8) is 0 Å². The van der Waals surface area contributed by atoms with Crippen LogP contribution in [0.2, 0.25) is 0 Å². The van der Waals surface area contributed by atoms with Crippen molar-refractivity contribution >= 4 is 5.91 Å². The molecule has 6 nitrogen and oxygen atoms in total. The van der Waals surface area contributed by atoms with Gasteiger partial charge in [0.25, 0.3) is 0 Å². The van der Waals surface area contributed by atoms with Crippen molar-refractivity contribution < 1.29 is 63.0 Å². The molecule has 0 atom stereocenters. The maximum atomic E-state index is 12.6. The maximum Gasteiger partial charge on any atom is 1.00 e. The molecule has 1 fully saturated rings. The Balaban J connectivity index is 0.00000729. The Morgan fingerprint density at radius 2 is 1.18 bits per heavy atom. The van der Waals surface area contributed by atoms with Crippen molar-refractivity contribution in [3.8, 4) is 0 Å². The van der Waals surface area contributed by atoms with Crippen LogP contribution >= 0.6 is 0 Å². The summed E-state index contributed by atoms with van der Waals surface area (Å²) in [7, 11) is 1.92. The Kier molecular flexibility index (Phi) is 18.3. The molecular formula is C21H44N5ORb. The standard InChI is InChI=1S/C21H44N5O.Rb/c1-6-10-11-22(5)21(27)20-26-18-16-24(8-3)14-12-23(7-2)13-15-25(9-4)17-19-26;/h20H,6-19H2,1-5H3;/q-1;+1. The van der Waals surface area contributed by atoms with Gasteiger partial charge >= 0.3 is 58.2 Å². The van der Waals surface area contributed by atoms with Crippen LogP contribution in [0.4, 0.5) is 0 Å². The zero-order valence-corrected chi connectivity index (χ0v) is 24.5. The van der Waals surface area contributed by atoms with Crippen LogP contribution in [0.1, 0.15) is 40.5 Å². The van der Waals surface area contributed by atoms with E-state index in [1.54, 1.807) is 0 Å². The van der Waals surface area contributed by atoms with E-state index in [4.69, 9.17) is 0 Å². The molecule has 1 aliphatic heterocycles. The van der Waals surface area contributed by atoms with Crippen LogP contribution in [0.3, 0.4) is 0 Å². The number of carbonyl (C=O) groups is 1. The van der Waals surface area contributed by atoms with Crippen molar-refractivity contribution in [2.45, 2.75) is 40.5 Å². The number of hydrogen-bond acceptors (Lipinski definition) is 5. The first-order valence-electron chi connectivity index (χ1n) is 11.0. The molecule has 1 rings (SSSR count). The van der Waals surface area contributed by atoms with Crippen molar-refractivity contribution in [3.05, 3.63) is 6.54 Å². The average Bonchev–Trinajstić information content (AvgIpc) is 2.68. The number of rotatable bonds is 8. The normalized spacial score (nSPS) is 19.3. The molecule has 1 amide bonds. The van der Waals surface area contributed by atoms with Crippen molar-refractivity contribution in [1.82, 2.24) is 24.5 Å². The smallest absolute Gasteiger partial charge is 0.431 e. The Hall–Kier alpha value is 0.985. The Morgan fingerprint density at radius 1 is 0.786 bits per heavy atom. The Labute approximate surface area is 223 Å². The minimum atomic E-state index is 0. The SMILES string of the molecule is CCCCN(C)C(=O)[CH-]N1CCN(CC)CCN(CC)CCN(CC)CC1.[Rb+]. The van der Waals surface area contributed by atoms with Crippen LogP contribution in [0.25, 0.3) is 0 Å². The van der Waals surface area contributed by atoms with Gasteiger partial charge in [-0.3, -0.25) is 0 Å². The van der Waals surface area contributed by atoms with Gasteiger partial charge in [0.2, 0.25) is 0 Å². The minimum Gasteiger partial charge on any atom is -0.431 e. The van der Waals surface area contributed by atoms with E-state index in [0.29, 0.717) is 0 Å². The molecule has 0 aliphatic carbocycles. The number of carbonyl (C=O) groups excluding carboxylic acids is 1. The van der Waals surface area contributed by atoms with Crippen molar-refractivity contribution in [1.29, 1.82) is 0 Å². The molecule has 28 heavy (non-hydrogen) atoms. The Bertz CT molecular complexity index is 379. The number of unbranched alkanes of at least 4 members (excludes halogenated alkanes) is 1. The summed E-state index contributed by atoms with van der Waals surface area (Å²) in [5.74, 6) is 0.138. The average molecular weight is 468 g/mol. The molecule has 0 radical (unpaired) electrons. The van der Waals surface area contributed by atoms with E-state index in [-0.39, 0.29) is 64.1 Å². The molecule has 0 aromatic carbocycles. The zero-order chi connectivity index (χ0) is 20.1. The second-order valence-corrected chi connectivity index (χ2v) is 7.58. The third kappa shape index (κ3) is 12.0. The van der Waals surface area contributed by atoms with Crippen molar-refractivity contribution in [2.75, 3.05) is 85.6 Å². The van der Waals surface area contributed by atoms with Gasteiger partial charge in [0.15, 0.2) is 0 Å². The third-order valence-electron chi connectivity index (χ3n) is 5.73. The molecule has 0 aromatic rings. The Morgan fingerprint density at radius 3 is 1.54 bits per heavy atom. The van der Waals surface area contributed by atoms with Gasteiger partial charge in [-0.15, -0.1) is 0 Å². The number of nitrogens with zero attached hydrogens (tertiary/aromatic N) is 5. The molecule has 0 unspecified atom stereocenters. The van der Waals surface area contributed by atoms with Gasteiger partial charge in [-0.05, 0) is 39.1 Å². The number of amides is 1. The predicted molar refractivity (Wildman–Crippen MR) is 115 cm³/mol. The first kappa shape index (κ1) is 29.0. The van der Waals surface area contributed by atoms with E-state index in [1.165, 1.54) is 0 Å². The molecule has 0 bridgehead atoms. The number of hydrogen-bond donors (Lipinski definition) is 0. The molecule has 160 valence electrons. The van der Waals surface area contributed by atoms with Crippen LogP contribution in [-0.4, -0.2) is 116 Å². The molecule has 0 aromatic heterocycles. The fourth-order valence-corrected chi connectivity index (χ4v) is 3.39. The molecular weight excluding hydrogens is 424 g/mol. The van der Waals surface area contributed by atoms with Gasteiger partial charge in [-0.25, -0.2) is 6.54 Å². The van der Waals surface area contributed by atoms with Gasteiger partial charge in [0.1, 0.15) is 0 Å². The summed E-state index contributed by atoms with van der Waals surface area (Å²) in [6, 6.07) is 0. The molecule has 7 heteroatoms. The van der Waals surface area contributed by atoms with E-state index in [9.17, 15) is 4.79 Å². The monoisotopic (exact) mass is 467 g/mol. The molecule has 1 saturated heterocycles. The van der Waals surface area contributed by atoms with Crippen LogP contribution < -0.4 is 58.2 Å². The maximum absolute atomic E-state index is 12.6. The topological polar surface area (TPSA) is 33.3 Å². The van der Waals surface area contributed by atoms with Crippen LogP contribution in [0, 0.1) is 6.54 Å². The second-order valence-electron chi connectivity index (χ2n) is 7.58. The van der Waals surface area contributed by atoms with E-state index >= 15 is 0 Å². The summed E-state index contributed by atoms with van der Waals surface area (Å²) in [5.41, 5.74) is 0.